The maximum atomic E-state index is 4.32. The van der Waals surface area contributed by atoms with Crippen LogP contribution in [0.15, 0.2) is 6.07 Å². The summed E-state index contributed by atoms with van der Waals surface area (Å²) < 4.78 is 0. The van der Waals surface area contributed by atoms with Crippen molar-refractivity contribution in [3.8, 4) is 9.88 Å². The van der Waals surface area contributed by atoms with Crippen molar-refractivity contribution in [2.24, 2.45) is 0 Å². The zero-order valence-electron chi connectivity index (χ0n) is 10.7. The van der Waals surface area contributed by atoms with Gasteiger partial charge in [0.05, 0.1) is 4.88 Å². The van der Waals surface area contributed by atoms with Crippen molar-refractivity contribution in [3.05, 3.63) is 21.5 Å². The summed E-state index contributed by atoms with van der Waals surface area (Å²) in [6.45, 7) is 5.11. The van der Waals surface area contributed by atoms with Gasteiger partial charge >= 0.3 is 0 Å². The van der Waals surface area contributed by atoms with Crippen LogP contribution in [0.2, 0.25) is 0 Å². The first-order valence-electron chi connectivity index (χ1n) is 6.40. The van der Waals surface area contributed by atoms with E-state index in [1.165, 1.54) is 29.7 Å². The molecule has 3 nitrogen and oxygen atoms in total. The van der Waals surface area contributed by atoms with E-state index in [0.717, 1.165) is 16.6 Å². The normalized spacial score (nSPS) is 14.4. The van der Waals surface area contributed by atoms with Gasteiger partial charge in [0, 0.05) is 17.5 Å². The highest BCUT2D eigenvalue weighted by Crippen LogP contribution is 2.37. The van der Waals surface area contributed by atoms with Crippen molar-refractivity contribution >= 4 is 22.7 Å². The molecule has 96 valence electrons. The number of nitrogens with zero attached hydrogens (tertiary/aromatic N) is 2. The Morgan fingerprint density at radius 3 is 2.94 bits per heavy atom. The second kappa shape index (κ2) is 5.07. The second-order valence-electron chi connectivity index (χ2n) is 4.95. The van der Waals surface area contributed by atoms with Gasteiger partial charge in [-0.3, -0.25) is 0 Å². The highest BCUT2D eigenvalue weighted by molar-refractivity contribution is 7.21. The molecule has 0 bridgehead atoms. The van der Waals surface area contributed by atoms with Crippen LogP contribution in [0.5, 0.6) is 0 Å². The Kier molecular flexibility index (Phi) is 3.46. The van der Waals surface area contributed by atoms with E-state index in [1.807, 2.05) is 11.3 Å². The minimum absolute atomic E-state index is 0.489. The number of nitrogens with one attached hydrogen (secondary N) is 1. The van der Waals surface area contributed by atoms with Crippen LogP contribution in [0.4, 0.5) is 0 Å². The first-order chi connectivity index (χ1) is 8.72. The second-order valence-corrected chi connectivity index (χ2v) is 7.15. The predicted molar refractivity (Wildman–Crippen MR) is 77.2 cm³/mol. The molecular weight excluding hydrogens is 262 g/mol. The highest BCUT2D eigenvalue weighted by atomic mass is 32.1. The van der Waals surface area contributed by atoms with Gasteiger partial charge in [-0.25, -0.2) is 0 Å². The lowest BCUT2D eigenvalue weighted by atomic mass is 10.2. The Labute approximate surface area is 115 Å². The smallest absolute Gasteiger partial charge is 0.157 e. The fourth-order valence-corrected chi connectivity index (χ4v) is 4.24. The number of fused-ring (bicyclic) bond motifs is 1. The van der Waals surface area contributed by atoms with E-state index in [-0.39, 0.29) is 0 Å². The molecule has 0 atom stereocenters. The molecular formula is C13H17N3S2. The van der Waals surface area contributed by atoms with E-state index in [2.05, 4.69) is 35.4 Å². The zero-order chi connectivity index (χ0) is 12.5. The molecule has 2 heterocycles. The maximum absolute atomic E-state index is 4.32. The van der Waals surface area contributed by atoms with Crippen LogP contribution >= 0.6 is 22.7 Å². The van der Waals surface area contributed by atoms with E-state index in [0.29, 0.717) is 6.04 Å². The monoisotopic (exact) mass is 279 g/mol. The molecule has 1 aliphatic rings. The van der Waals surface area contributed by atoms with Crippen LogP contribution in [-0.2, 0) is 19.4 Å². The van der Waals surface area contributed by atoms with Crippen molar-refractivity contribution < 1.29 is 0 Å². The molecule has 1 aliphatic carbocycles. The molecule has 1 N–H and O–H groups in total. The van der Waals surface area contributed by atoms with E-state index >= 15 is 0 Å². The standard InChI is InChI=1S/C13H17N3S2/c1-8(2)14-7-12-15-16-13(18-12)11-6-9-4-3-5-10(9)17-11/h6,8,14H,3-5,7H2,1-2H3. The van der Waals surface area contributed by atoms with Crippen LogP contribution < -0.4 is 5.32 Å². The summed E-state index contributed by atoms with van der Waals surface area (Å²) in [6.07, 6.45) is 3.81. The van der Waals surface area contributed by atoms with Gasteiger partial charge in [0.25, 0.3) is 0 Å². The SMILES string of the molecule is CC(C)NCc1nnc(-c2cc3c(s2)CCC3)s1. The van der Waals surface area contributed by atoms with Crippen molar-refractivity contribution in [2.75, 3.05) is 0 Å². The van der Waals surface area contributed by atoms with Gasteiger partial charge < -0.3 is 5.32 Å². The number of hydrogen-bond acceptors (Lipinski definition) is 5. The number of aromatic nitrogens is 2. The fourth-order valence-electron chi connectivity index (χ4n) is 2.15. The zero-order valence-corrected chi connectivity index (χ0v) is 12.3. The van der Waals surface area contributed by atoms with Crippen LogP contribution in [-0.4, -0.2) is 16.2 Å². The van der Waals surface area contributed by atoms with Crippen molar-refractivity contribution in [3.63, 3.8) is 0 Å². The fraction of sp³-hybridized carbons (Fsp3) is 0.538. The third kappa shape index (κ3) is 2.48. The molecule has 0 fully saturated rings. The quantitative estimate of drug-likeness (QED) is 0.933. The highest BCUT2D eigenvalue weighted by Gasteiger charge is 2.17. The largest absolute Gasteiger partial charge is 0.308 e. The Bertz CT molecular complexity index is 521. The van der Waals surface area contributed by atoms with Gasteiger partial charge in [0.1, 0.15) is 5.01 Å². The Balaban J connectivity index is 1.75. The number of hydrogen-bond donors (Lipinski definition) is 1. The van der Waals surface area contributed by atoms with E-state index in [1.54, 1.807) is 16.2 Å². The lowest BCUT2D eigenvalue weighted by Crippen LogP contribution is -2.21. The van der Waals surface area contributed by atoms with Gasteiger partial charge in [-0.05, 0) is 30.9 Å². The Hall–Kier alpha value is -0.780. The molecule has 0 aliphatic heterocycles. The molecule has 0 aromatic carbocycles. The van der Waals surface area contributed by atoms with Gasteiger partial charge in [-0.2, -0.15) is 0 Å². The van der Waals surface area contributed by atoms with Crippen LogP contribution in [0.1, 0.15) is 35.7 Å². The maximum Gasteiger partial charge on any atom is 0.157 e. The summed E-state index contributed by atoms with van der Waals surface area (Å²) in [5.74, 6) is 0. The van der Waals surface area contributed by atoms with Gasteiger partial charge in [0.2, 0.25) is 0 Å². The molecule has 0 unspecified atom stereocenters. The van der Waals surface area contributed by atoms with Gasteiger partial charge in [0.15, 0.2) is 5.01 Å². The molecule has 0 saturated heterocycles. The molecule has 5 heteroatoms. The third-order valence-electron chi connectivity index (χ3n) is 3.09. The minimum atomic E-state index is 0.489. The molecule has 18 heavy (non-hydrogen) atoms. The number of rotatable bonds is 4. The third-order valence-corrected chi connectivity index (χ3v) is 5.42. The molecule has 0 spiro atoms. The molecule has 0 amide bonds. The summed E-state index contributed by atoms with van der Waals surface area (Å²) in [4.78, 5) is 2.86. The molecule has 3 rings (SSSR count). The van der Waals surface area contributed by atoms with Crippen LogP contribution in [0.3, 0.4) is 0 Å². The molecule has 2 aromatic heterocycles. The minimum Gasteiger partial charge on any atom is -0.308 e. The van der Waals surface area contributed by atoms with Crippen molar-refractivity contribution in [2.45, 2.75) is 45.7 Å². The molecule has 0 saturated carbocycles. The Morgan fingerprint density at radius 1 is 1.28 bits per heavy atom. The number of aryl methyl sites for hydroxylation is 2. The number of thiophene rings is 1. The summed E-state index contributed by atoms with van der Waals surface area (Å²) in [6, 6.07) is 2.80. The van der Waals surface area contributed by atoms with E-state index in [9.17, 15) is 0 Å². The predicted octanol–water partition coefficient (Wildman–Crippen LogP) is 3.25. The topological polar surface area (TPSA) is 37.8 Å². The summed E-state index contributed by atoms with van der Waals surface area (Å²) in [7, 11) is 0. The van der Waals surface area contributed by atoms with Crippen molar-refractivity contribution in [1.82, 2.24) is 15.5 Å². The average molecular weight is 279 g/mol. The summed E-state index contributed by atoms with van der Waals surface area (Å²) >= 11 is 3.61. The molecule has 2 aromatic rings. The average Bonchev–Trinajstić information content (AvgIpc) is 3.00. The van der Waals surface area contributed by atoms with Crippen LogP contribution in [0, 0.1) is 0 Å². The molecule has 0 radical (unpaired) electrons. The summed E-state index contributed by atoms with van der Waals surface area (Å²) in [5.41, 5.74) is 1.53. The lowest BCUT2D eigenvalue weighted by molar-refractivity contribution is 0.585. The van der Waals surface area contributed by atoms with Crippen LogP contribution in [0.25, 0.3) is 9.88 Å². The Morgan fingerprint density at radius 2 is 2.17 bits per heavy atom. The van der Waals surface area contributed by atoms with E-state index < -0.39 is 0 Å². The summed E-state index contributed by atoms with van der Waals surface area (Å²) in [5, 5.41) is 14.1. The van der Waals surface area contributed by atoms with Crippen molar-refractivity contribution in [1.29, 1.82) is 0 Å². The lowest BCUT2D eigenvalue weighted by Gasteiger charge is -2.03. The van der Waals surface area contributed by atoms with Gasteiger partial charge in [-0.15, -0.1) is 21.5 Å². The van der Waals surface area contributed by atoms with E-state index in [4.69, 9.17) is 0 Å². The first kappa shape index (κ1) is 12.3. The first-order valence-corrected chi connectivity index (χ1v) is 8.03. The van der Waals surface area contributed by atoms with Gasteiger partial charge in [-0.1, -0.05) is 25.2 Å².